The molecule has 0 aliphatic carbocycles. The highest BCUT2D eigenvalue weighted by Gasteiger charge is 2.10. The number of phenols is 1. The molecule has 1 heterocycles. The fraction of sp³-hybridized carbons (Fsp3) is 0.118. The first-order valence-electron chi connectivity index (χ1n) is 6.68. The second-order valence-corrected chi connectivity index (χ2v) is 4.94. The standard InChI is InChI=1S/C17H14O5/c1-21-16-8-11(3-4-13(16)18)15-9-12-6-10(7-17(19)20)2-5-14(12)22-15/h2-6,8-9,18H,7H2,1H3,(H,19,20). The summed E-state index contributed by atoms with van der Waals surface area (Å²) in [5.74, 6) is 0.183. The molecule has 3 aromatic rings. The molecule has 0 saturated heterocycles. The van der Waals surface area contributed by atoms with Gasteiger partial charge in [0.05, 0.1) is 13.5 Å². The number of carbonyl (C=O) groups is 1. The van der Waals surface area contributed by atoms with Gasteiger partial charge in [0.1, 0.15) is 11.3 Å². The van der Waals surface area contributed by atoms with Crippen LogP contribution in [-0.4, -0.2) is 23.3 Å². The molecule has 0 aliphatic heterocycles. The number of ether oxygens (including phenoxy) is 1. The zero-order chi connectivity index (χ0) is 15.7. The minimum Gasteiger partial charge on any atom is -0.504 e. The van der Waals surface area contributed by atoms with Crippen LogP contribution in [0, 0.1) is 0 Å². The predicted molar refractivity (Wildman–Crippen MR) is 81.2 cm³/mol. The van der Waals surface area contributed by atoms with Crippen molar-refractivity contribution < 1.29 is 24.2 Å². The summed E-state index contributed by atoms with van der Waals surface area (Å²) in [6, 6.07) is 12.1. The number of furan rings is 1. The molecule has 1 aromatic heterocycles. The van der Waals surface area contributed by atoms with E-state index in [9.17, 15) is 9.90 Å². The van der Waals surface area contributed by atoms with Crippen LogP contribution < -0.4 is 4.74 Å². The maximum absolute atomic E-state index is 10.8. The van der Waals surface area contributed by atoms with Crippen LogP contribution in [0.3, 0.4) is 0 Å². The zero-order valence-corrected chi connectivity index (χ0v) is 11.9. The SMILES string of the molecule is COc1cc(-c2cc3cc(CC(=O)O)ccc3o2)ccc1O. The summed E-state index contributed by atoms with van der Waals surface area (Å²) in [5.41, 5.74) is 2.16. The van der Waals surface area contributed by atoms with Gasteiger partial charge in [-0.3, -0.25) is 4.79 Å². The van der Waals surface area contributed by atoms with E-state index in [1.54, 1.807) is 30.3 Å². The lowest BCUT2D eigenvalue weighted by Crippen LogP contribution is -1.99. The first-order chi connectivity index (χ1) is 10.6. The average Bonchev–Trinajstić information content (AvgIpc) is 2.90. The Morgan fingerprint density at radius 3 is 2.73 bits per heavy atom. The molecule has 0 fully saturated rings. The molecular weight excluding hydrogens is 284 g/mol. The molecule has 0 atom stereocenters. The quantitative estimate of drug-likeness (QED) is 0.771. The van der Waals surface area contributed by atoms with Crippen LogP contribution in [0.2, 0.25) is 0 Å². The van der Waals surface area contributed by atoms with Gasteiger partial charge in [-0.1, -0.05) is 6.07 Å². The molecule has 0 bridgehead atoms. The van der Waals surface area contributed by atoms with Gasteiger partial charge in [0.15, 0.2) is 11.5 Å². The molecule has 0 spiro atoms. The van der Waals surface area contributed by atoms with Crippen molar-refractivity contribution in [3.8, 4) is 22.8 Å². The van der Waals surface area contributed by atoms with E-state index < -0.39 is 5.97 Å². The number of aliphatic carboxylic acids is 1. The van der Waals surface area contributed by atoms with Crippen molar-refractivity contribution in [2.75, 3.05) is 7.11 Å². The minimum absolute atomic E-state index is 0.0243. The number of hydrogen-bond donors (Lipinski definition) is 2. The summed E-state index contributed by atoms with van der Waals surface area (Å²) < 4.78 is 10.9. The van der Waals surface area contributed by atoms with Crippen molar-refractivity contribution in [1.29, 1.82) is 0 Å². The number of carboxylic acids is 1. The Balaban J connectivity index is 2.03. The van der Waals surface area contributed by atoms with Gasteiger partial charge in [0.2, 0.25) is 0 Å². The second kappa shape index (κ2) is 5.44. The lowest BCUT2D eigenvalue weighted by Gasteiger charge is -2.04. The maximum atomic E-state index is 10.8. The largest absolute Gasteiger partial charge is 0.504 e. The molecular formula is C17H14O5. The Kier molecular flexibility index (Phi) is 3.47. The van der Waals surface area contributed by atoms with Crippen molar-refractivity contribution in [2.24, 2.45) is 0 Å². The molecule has 0 unspecified atom stereocenters. The van der Waals surface area contributed by atoms with Crippen LogP contribution in [0.5, 0.6) is 11.5 Å². The summed E-state index contributed by atoms with van der Waals surface area (Å²) >= 11 is 0. The van der Waals surface area contributed by atoms with Crippen LogP contribution in [0.15, 0.2) is 46.9 Å². The third kappa shape index (κ3) is 2.61. The van der Waals surface area contributed by atoms with Gasteiger partial charge in [0.25, 0.3) is 0 Å². The summed E-state index contributed by atoms with van der Waals surface area (Å²) in [6.45, 7) is 0. The summed E-state index contributed by atoms with van der Waals surface area (Å²) in [4.78, 5) is 10.8. The monoisotopic (exact) mass is 298 g/mol. The molecule has 0 radical (unpaired) electrons. The number of rotatable bonds is 4. The van der Waals surface area contributed by atoms with E-state index in [-0.39, 0.29) is 12.2 Å². The molecule has 2 N–H and O–H groups in total. The first kappa shape index (κ1) is 14.0. The van der Waals surface area contributed by atoms with Gasteiger partial charge >= 0.3 is 5.97 Å². The highest BCUT2D eigenvalue weighted by Crippen LogP contribution is 2.34. The van der Waals surface area contributed by atoms with E-state index in [1.807, 2.05) is 6.07 Å². The molecule has 22 heavy (non-hydrogen) atoms. The first-order valence-corrected chi connectivity index (χ1v) is 6.68. The fourth-order valence-electron chi connectivity index (χ4n) is 2.35. The van der Waals surface area contributed by atoms with Crippen LogP contribution in [0.1, 0.15) is 5.56 Å². The Bertz CT molecular complexity index is 847. The maximum Gasteiger partial charge on any atom is 0.307 e. The summed E-state index contributed by atoms with van der Waals surface area (Å²) in [7, 11) is 1.48. The van der Waals surface area contributed by atoms with Crippen LogP contribution in [-0.2, 0) is 11.2 Å². The third-order valence-corrected chi connectivity index (χ3v) is 3.40. The molecule has 5 nitrogen and oxygen atoms in total. The lowest BCUT2D eigenvalue weighted by atomic mass is 10.1. The van der Waals surface area contributed by atoms with Crippen molar-refractivity contribution in [2.45, 2.75) is 6.42 Å². The van der Waals surface area contributed by atoms with Gasteiger partial charge in [-0.05, 0) is 42.0 Å². The minimum atomic E-state index is -0.869. The molecule has 0 aliphatic rings. The third-order valence-electron chi connectivity index (χ3n) is 3.40. The van der Waals surface area contributed by atoms with E-state index in [0.29, 0.717) is 17.1 Å². The molecule has 2 aromatic carbocycles. The van der Waals surface area contributed by atoms with Gasteiger partial charge < -0.3 is 19.4 Å². The Morgan fingerprint density at radius 2 is 2.00 bits per heavy atom. The van der Waals surface area contributed by atoms with Crippen molar-refractivity contribution in [3.63, 3.8) is 0 Å². The highest BCUT2D eigenvalue weighted by molar-refractivity contribution is 5.84. The number of benzene rings is 2. The van der Waals surface area contributed by atoms with E-state index in [1.165, 1.54) is 13.2 Å². The number of carboxylic acid groups (broad SMARTS) is 1. The van der Waals surface area contributed by atoms with Gasteiger partial charge in [-0.25, -0.2) is 0 Å². The topological polar surface area (TPSA) is 79.9 Å². The van der Waals surface area contributed by atoms with Crippen molar-refractivity contribution in [1.82, 2.24) is 0 Å². The van der Waals surface area contributed by atoms with E-state index in [4.69, 9.17) is 14.3 Å². The van der Waals surface area contributed by atoms with Gasteiger partial charge in [-0.15, -0.1) is 0 Å². The zero-order valence-electron chi connectivity index (χ0n) is 11.9. The van der Waals surface area contributed by atoms with E-state index in [2.05, 4.69) is 0 Å². The molecule has 0 saturated carbocycles. The van der Waals surface area contributed by atoms with Crippen LogP contribution >= 0.6 is 0 Å². The van der Waals surface area contributed by atoms with Crippen molar-refractivity contribution >= 4 is 16.9 Å². The van der Waals surface area contributed by atoms with Crippen molar-refractivity contribution in [3.05, 3.63) is 48.0 Å². The Morgan fingerprint density at radius 1 is 1.18 bits per heavy atom. The van der Waals surface area contributed by atoms with E-state index >= 15 is 0 Å². The molecule has 3 rings (SSSR count). The molecule has 0 amide bonds. The highest BCUT2D eigenvalue weighted by atomic mass is 16.5. The molecule has 5 heteroatoms. The number of phenolic OH excluding ortho intramolecular Hbond substituents is 1. The normalized spacial score (nSPS) is 10.8. The van der Waals surface area contributed by atoms with Crippen LogP contribution in [0.25, 0.3) is 22.3 Å². The van der Waals surface area contributed by atoms with E-state index in [0.717, 1.165) is 16.5 Å². The fourth-order valence-corrected chi connectivity index (χ4v) is 2.35. The predicted octanol–water partition coefficient (Wildman–Crippen LogP) is 3.44. The number of fused-ring (bicyclic) bond motifs is 1. The Hall–Kier alpha value is -2.95. The summed E-state index contributed by atoms with van der Waals surface area (Å²) in [6.07, 6.45) is -0.0243. The average molecular weight is 298 g/mol. The smallest absolute Gasteiger partial charge is 0.307 e. The lowest BCUT2D eigenvalue weighted by molar-refractivity contribution is -0.136. The number of aromatic hydroxyl groups is 1. The molecule has 112 valence electrons. The Labute approximate surface area is 126 Å². The number of hydrogen-bond acceptors (Lipinski definition) is 4. The van der Waals surface area contributed by atoms with Crippen LogP contribution in [0.4, 0.5) is 0 Å². The van der Waals surface area contributed by atoms with Gasteiger partial charge in [0, 0.05) is 10.9 Å². The summed E-state index contributed by atoms with van der Waals surface area (Å²) in [5, 5.41) is 19.3. The van der Waals surface area contributed by atoms with Gasteiger partial charge in [-0.2, -0.15) is 0 Å². The second-order valence-electron chi connectivity index (χ2n) is 4.94. The number of methoxy groups -OCH3 is 1.